The van der Waals surface area contributed by atoms with Crippen molar-refractivity contribution in [1.29, 1.82) is 0 Å². The second kappa shape index (κ2) is 7.57. The number of aliphatic hydroxyl groups is 3. The van der Waals surface area contributed by atoms with Crippen molar-refractivity contribution in [2.45, 2.75) is 50.2 Å². The largest absolute Gasteiger partial charge is 0.463 e. The Balaban J connectivity index is 1.52. The Kier molecular flexibility index (Phi) is 4.98. The first kappa shape index (κ1) is 20.4. The van der Waals surface area contributed by atoms with E-state index in [4.69, 9.17) is 20.3 Å². The average molecular weight is 439 g/mol. The summed E-state index contributed by atoms with van der Waals surface area (Å²) in [6.45, 7) is 1.81. The van der Waals surface area contributed by atoms with E-state index in [9.17, 15) is 15.3 Å². The van der Waals surface area contributed by atoms with Gasteiger partial charge in [0.15, 0.2) is 0 Å². The SMILES string of the molecule is C#Cc1cc2c(cc1Cc1ncc(-c3ccco3)s1)[C@]1(OC2)O[C@H](C)[C@@H](O)[C@H](O)[C@H]1O. The quantitative estimate of drug-likeness (QED) is 0.537. The first-order valence-electron chi connectivity index (χ1n) is 9.90. The molecule has 0 unspecified atom stereocenters. The third-order valence-electron chi connectivity index (χ3n) is 5.87. The predicted octanol–water partition coefficient (Wildman–Crippen LogP) is 2.16. The number of thiazole rings is 1. The standard InChI is InChI=1S/C23H21NO6S/c1-3-13-7-15-11-29-23(22(27)21(26)20(25)12(2)30-23)16(15)8-14(13)9-19-24-10-18(31-19)17-5-4-6-28-17/h1,4-8,10,12,20-22,25-27H,9,11H2,2H3/t12-,20-,21+,22-,23+/m1/s1. The van der Waals surface area contributed by atoms with Gasteiger partial charge in [0.25, 0.3) is 0 Å². The molecule has 0 aliphatic carbocycles. The Morgan fingerprint density at radius 2 is 2.13 bits per heavy atom. The Morgan fingerprint density at radius 3 is 2.87 bits per heavy atom. The van der Waals surface area contributed by atoms with Crippen LogP contribution in [0.5, 0.6) is 0 Å². The van der Waals surface area contributed by atoms with Crippen LogP contribution < -0.4 is 0 Å². The van der Waals surface area contributed by atoms with Crippen LogP contribution in [0.15, 0.2) is 41.1 Å². The maximum absolute atomic E-state index is 10.8. The summed E-state index contributed by atoms with van der Waals surface area (Å²) in [4.78, 5) is 5.41. The Hall–Kier alpha value is -2.51. The average Bonchev–Trinajstić information content (AvgIpc) is 3.51. The van der Waals surface area contributed by atoms with Crippen molar-refractivity contribution in [3.63, 3.8) is 0 Å². The van der Waals surface area contributed by atoms with Crippen molar-refractivity contribution in [2.24, 2.45) is 0 Å². The second-order valence-corrected chi connectivity index (χ2v) is 8.90. The summed E-state index contributed by atoms with van der Waals surface area (Å²) in [6.07, 6.45) is 4.83. The number of hydrogen-bond donors (Lipinski definition) is 3. The highest BCUT2D eigenvalue weighted by Gasteiger charge is 2.57. The molecule has 2 aliphatic rings. The van der Waals surface area contributed by atoms with Crippen molar-refractivity contribution < 1.29 is 29.2 Å². The molecule has 1 aromatic carbocycles. The topological polar surface area (TPSA) is 105 Å². The fourth-order valence-electron chi connectivity index (χ4n) is 4.21. The number of aromatic nitrogens is 1. The first-order chi connectivity index (χ1) is 14.9. The summed E-state index contributed by atoms with van der Waals surface area (Å²) in [5.74, 6) is 1.91. The van der Waals surface area contributed by atoms with E-state index in [1.165, 1.54) is 11.3 Å². The fraction of sp³-hybridized carbons (Fsp3) is 0.348. The third kappa shape index (κ3) is 3.22. The Bertz CT molecular complexity index is 1150. The van der Waals surface area contributed by atoms with Gasteiger partial charge < -0.3 is 29.2 Å². The number of fused-ring (bicyclic) bond motifs is 2. The molecule has 1 spiro atoms. The van der Waals surface area contributed by atoms with E-state index in [1.807, 2.05) is 24.3 Å². The molecule has 160 valence electrons. The molecule has 3 N–H and O–H groups in total. The molecule has 5 rings (SSSR count). The lowest BCUT2D eigenvalue weighted by atomic mass is 9.86. The van der Waals surface area contributed by atoms with Gasteiger partial charge in [-0.2, -0.15) is 0 Å². The predicted molar refractivity (Wildman–Crippen MR) is 112 cm³/mol. The monoisotopic (exact) mass is 439 g/mol. The highest BCUT2D eigenvalue weighted by Crippen LogP contribution is 2.46. The van der Waals surface area contributed by atoms with Crippen molar-refractivity contribution in [2.75, 3.05) is 0 Å². The normalized spacial score (nSPS) is 29.8. The van der Waals surface area contributed by atoms with Gasteiger partial charge in [-0.05, 0) is 42.3 Å². The lowest BCUT2D eigenvalue weighted by molar-refractivity contribution is -0.362. The summed E-state index contributed by atoms with van der Waals surface area (Å²) in [7, 11) is 0. The number of hydrogen-bond acceptors (Lipinski definition) is 8. The maximum Gasteiger partial charge on any atom is 0.225 e. The number of nitrogens with zero attached hydrogens (tertiary/aromatic N) is 1. The highest BCUT2D eigenvalue weighted by molar-refractivity contribution is 7.15. The number of aliphatic hydroxyl groups excluding tert-OH is 3. The summed E-state index contributed by atoms with van der Waals surface area (Å²) < 4.78 is 17.2. The molecule has 2 aliphatic heterocycles. The zero-order valence-corrected chi connectivity index (χ0v) is 17.5. The molecule has 2 aromatic heterocycles. The number of furan rings is 1. The van der Waals surface area contributed by atoms with Crippen molar-refractivity contribution in [3.8, 4) is 23.0 Å². The number of benzene rings is 1. The van der Waals surface area contributed by atoms with Crippen LogP contribution in [0.1, 0.15) is 34.2 Å². The van der Waals surface area contributed by atoms with Crippen LogP contribution in [0, 0.1) is 12.3 Å². The molecule has 0 radical (unpaired) electrons. The van der Waals surface area contributed by atoms with Crippen LogP contribution in [-0.4, -0.2) is 44.7 Å². The summed E-state index contributed by atoms with van der Waals surface area (Å²) in [6, 6.07) is 7.40. The van der Waals surface area contributed by atoms with Gasteiger partial charge in [-0.25, -0.2) is 4.98 Å². The van der Waals surface area contributed by atoms with Gasteiger partial charge in [0.2, 0.25) is 5.79 Å². The van der Waals surface area contributed by atoms with E-state index in [-0.39, 0.29) is 6.61 Å². The van der Waals surface area contributed by atoms with E-state index in [0.717, 1.165) is 26.8 Å². The summed E-state index contributed by atoms with van der Waals surface area (Å²) >= 11 is 1.51. The minimum atomic E-state index is -1.56. The molecule has 3 aromatic rings. The molecule has 8 heteroatoms. The summed E-state index contributed by atoms with van der Waals surface area (Å²) in [5.41, 5.74) is 2.92. The van der Waals surface area contributed by atoms with Crippen LogP contribution in [0.25, 0.3) is 10.6 Å². The van der Waals surface area contributed by atoms with E-state index < -0.39 is 30.2 Å². The van der Waals surface area contributed by atoms with E-state index in [2.05, 4.69) is 10.9 Å². The molecular weight excluding hydrogens is 418 g/mol. The number of terminal acetylenes is 1. The van der Waals surface area contributed by atoms with Gasteiger partial charge in [0, 0.05) is 23.7 Å². The van der Waals surface area contributed by atoms with Crippen molar-refractivity contribution in [1.82, 2.24) is 4.98 Å². The maximum atomic E-state index is 10.8. The van der Waals surface area contributed by atoms with Gasteiger partial charge >= 0.3 is 0 Å². The fourth-order valence-corrected chi connectivity index (χ4v) is 5.12. The molecule has 1 saturated heterocycles. The van der Waals surface area contributed by atoms with Crippen molar-refractivity contribution >= 4 is 11.3 Å². The second-order valence-electron chi connectivity index (χ2n) is 7.79. The molecule has 0 saturated carbocycles. The molecule has 7 nitrogen and oxygen atoms in total. The van der Waals surface area contributed by atoms with Crippen LogP contribution in [0.2, 0.25) is 0 Å². The number of rotatable bonds is 3. The molecule has 5 atom stereocenters. The van der Waals surface area contributed by atoms with E-state index in [0.29, 0.717) is 17.5 Å². The minimum absolute atomic E-state index is 0.177. The smallest absolute Gasteiger partial charge is 0.225 e. The third-order valence-corrected chi connectivity index (χ3v) is 6.88. The van der Waals surface area contributed by atoms with E-state index >= 15 is 0 Å². The van der Waals surface area contributed by atoms with Crippen LogP contribution in [0.4, 0.5) is 0 Å². The lowest BCUT2D eigenvalue weighted by Gasteiger charge is -2.45. The number of ether oxygens (including phenoxy) is 2. The lowest BCUT2D eigenvalue weighted by Crippen LogP contribution is -2.62. The minimum Gasteiger partial charge on any atom is -0.463 e. The van der Waals surface area contributed by atoms with E-state index in [1.54, 1.807) is 19.4 Å². The van der Waals surface area contributed by atoms with Gasteiger partial charge in [-0.3, -0.25) is 0 Å². The zero-order valence-electron chi connectivity index (χ0n) is 16.7. The summed E-state index contributed by atoms with van der Waals surface area (Å²) in [5, 5.41) is 32.1. The van der Waals surface area contributed by atoms with Gasteiger partial charge in [0.05, 0.1) is 28.9 Å². The zero-order chi connectivity index (χ0) is 21.8. The molecule has 1 fully saturated rings. The van der Waals surface area contributed by atoms with Gasteiger partial charge in [-0.15, -0.1) is 17.8 Å². The molecule has 0 amide bonds. The Morgan fingerprint density at radius 1 is 1.29 bits per heavy atom. The molecular formula is C23H21NO6S. The van der Waals surface area contributed by atoms with Crippen molar-refractivity contribution in [3.05, 3.63) is 64.0 Å². The highest BCUT2D eigenvalue weighted by atomic mass is 32.1. The van der Waals surface area contributed by atoms with Crippen LogP contribution in [0.3, 0.4) is 0 Å². The van der Waals surface area contributed by atoms with Gasteiger partial charge in [0.1, 0.15) is 24.1 Å². The molecule has 0 bridgehead atoms. The van der Waals surface area contributed by atoms with Gasteiger partial charge in [-0.1, -0.05) is 5.92 Å². The van der Waals surface area contributed by atoms with Crippen LogP contribution >= 0.6 is 11.3 Å². The Labute approximate surface area is 182 Å². The molecule has 4 heterocycles. The molecule has 31 heavy (non-hydrogen) atoms. The first-order valence-corrected chi connectivity index (χ1v) is 10.7. The van der Waals surface area contributed by atoms with Crippen LogP contribution in [-0.2, 0) is 28.3 Å².